The Kier molecular flexibility index (Phi) is 3.07. The number of benzene rings is 1. The summed E-state index contributed by atoms with van der Waals surface area (Å²) < 4.78 is 13.3. The highest BCUT2D eigenvalue weighted by molar-refractivity contribution is 6.32. The third kappa shape index (κ3) is 1.96. The normalized spacial score (nSPS) is 16.6. The van der Waals surface area contributed by atoms with Gasteiger partial charge in [0.25, 0.3) is 0 Å². The van der Waals surface area contributed by atoms with Crippen LogP contribution in [0.25, 0.3) is 0 Å². The van der Waals surface area contributed by atoms with Gasteiger partial charge >= 0.3 is 0 Å². The van der Waals surface area contributed by atoms with Crippen LogP contribution in [0.4, 0.5) is 10.1 Å². The van der Waals surface area contributed by atoms with Crippen molar-refractivity contribution in [1.29, 1.82) is 0 Å². The van der Waals surface area contributed by atoms with Gasteiger partial charge in [0.15, 0.2) is 17.6 Å². The van der Waals surface area contributed by atoms with E-state index in [4.69, 9.17) is 7.85 Å². The molecule has 18 heavy (non-hydrogen) atoms. The number of halogens is 1. The van der Waals surface area contributed by atoms with Crippen molar-refractivity contribution in [2.24, 2.45) is 0 Å². The number of hydrogen-bond donors (Lipinski definition) is 1. The van der Waals surface area contributed by atoms with E-state index in [0.29, 0.717) is 16.8 Å². The van der Waals surface area contributed by atoms with Crippen LogP contribution in [0.15, 0.2) is 29.3 Å². The Labute approximate surface area is 105 Å². The fourth-order valence-corrected chi connectivity index (χ4v) is 1.84. The lowest BCUT2D eigenvalue weighted by molar-refractivity contribution is -0.122. The van der Waals surface area contributed by atoms with Crippen LogP contribution < -0.4 is 10.8 Å². The van der Waals surface area contributed by atoms with Gasteiger partial charge in [0.2, 0.25) is 0 Å². The summed E-state index contributed by atoms with van der Waals surface area (Å²) in [6.45, 7) is 3.22. The van der Waals surface area contributed by atoms with Gasteiger partial charge in [-0.1, -0.05) is 11.5 Å². The molecular weight excluding hydrogens is 232 g/mol. The minimum atomic E-state index is -0.951. The molecule has 0 heterocycles. The highest BCUT2D eigenvalue weighted by atomic mass is 19.1. The molecule has 90 valence electrons. The van der Waals surface area contributed by atoms with Crippen LogP contribution in [0, 0.1) is 5.82 Å². The largest absolute Gasteiger partial charge is 0.369 e. The molecule has 3 nitrogen and oxygen atoms in total. The van der Waals surface area contributed by atoms with Crippen LogP contribution in [0.1, 0.15) is 13.8 Å². The van der Waals surface area contributed by atoms with Gasteiger partial charge in [-0.2, -0.15) is 0 Å². The molecule has 0 atom stereocenters. The molecule has 5 heteroatoms. The maximum Gasteiger partial charge on any atom is 0.189 e. The van der Waals surface area contributed by atoms with E-state index in [1.807, 2.05) is 0 Å². The van der Waals surface area contributed by atoms with Gasteiger partial charge in [0.1, 0.15) is 13.7 Å². The number of rotatable bonds is 2. The Morgan fingerprint density at radius 2 is 1.72 bits per heavy atom. The third-order valence-electron chi connectivity index (χ3n) is 3.14. The Morgan fingerprint density at radius 1 is 1.17 bits per heavy atom. The Bertz CT molecular complexity index is 556. The number of ketones is 2. The maximum absolute atomic E-state index is 13.3. The topological polar surface area (TPSA) is 46.2 Å². The molecule has 0 aromatic heterocycles. The lowest BCUT2D eigenvalue weighted by Crippen LogP contribution is -2.33. The van der Waals surface area contributed by atoms with E-state index in [1.165, 1.54) is 18.2 Å². The number of carbonyl (C=O) groups excluding carboxylic acids is 2. The molecule has 1 aliphatic rings. The highest BCUT2D eigenvalue weighted by Crippen LogP contribution is 2.22. The first-order valence-electron chi connectivity index (χ1n) is 5.49. The zero-order chi connectivity index (χ0) is 13.4. The molecule has 0 aliphatic heterocycles. The second-order valence-corrected chi connectivity index (χ2v) is 4.29. The molecule has 2 radical (unpaired) electrons. The second kappa shape index (κ2) is 4.40. The molecule has 0 saturated carbocycles. The van der Waals surface area contributed by atoms with Gasteiger partial charge in [-0.15, -0.1) is 0 Å². The lowest BCUT2D eigenvalue weighted by atomic mass is 9.95. The summed E-state index contributed by atoms with van der Waals surface area (Å²) in [5.41, 5.74) is 1.29. The zero-order valence-electron chi connectivity index (χ0n) is 10.1. The summed E-state index contributed by atoms with van der Waals surface area (Å²) in [5, 5.41) is 2.73. The van der Waals surface area contributed by atoms with E-state index in [-0.39, 0.29) is 17.0 Å². The maximum atomic E-state index is 13.3. The molecule has 0 fully saturated rings. The third-order valence-corrected chi connectivity index (χ3v) is 3.14. The molecule has 0 spiro atoms. The van der Waals surface area contributed by atoms with E-state index >= 15 is 0 Å². The van der Waals surface area contributed by atoms with Crippen molar-refractivity contribution >= 4 is 30.6 Å². The summed E-state index contributed by atoms with van der Waals surface area (Å²) in [5.74, 6) is -1.12. The van der Waals surface area contributed by atoms with Crippen LogP contribution in [0.2, 0.25) is 0 Å². The van der Waals surface area contributed by atoms with E-state index in [1.54, 1.807) is 13.8 Å². The summed E-state index contributed by atoms with van der Waals surface area (Å²) in [6, 6.07) is 3.13. The van der Waals surface area contributed by atoms with Crippen LogP contribution in [-0.4, -0.2) is 25.5 Å². The Morgan fingerprint density at radius 3 is 2.22 bits per heavy atom. The number of nitrogens with one attached hydrogen (secondary N) is 1. The van der Waals surface area contributed by atoms with Crippen molar-refractivity contribution in [2.75, 3.05) is 5.32 Å². The molecule has 0 bridgehead atoms. The number of Topliss-reactive ketones (excluding diaryl/α,β-unsaturated/α-hetero) is 2. The van der Waals surface area contributed by atoms with Crippen LogP contribution in [0.5, 0.6) is 0 Å². The molecule has 2 rings (SSSR count). The Balaban J connectivity index is 2.24. The second-order valence-electron chi connectivity index (χ2n) is 4.29. The fraction of sp³-hybridized carbons (Fsp3) is 0.231. The number of carbonyl (C=O) groups is 2. The first kappa shape index (κ1) is 12.5. The van der Waals surface area contributed by atoms with E-state index < -0.39 is 11.9 Å². The smallest absolute Gasteiger partial charge is 0.189 e. The van der Waals surface area contributed by atoms with Gasteiger partial charge in [-0.25, -0.2) is 4.39 Å². The average Bonchev–Trinajstić information content (AvgIpc) is 2.52. The van der Waals surface area contributed by atoms with Crippen molar-refractivity contribution in [2.45, 2.75) is 19.9 Å². The number of hydrogen-bond acceptors (Lipinski definition) is 3. The SMILES string of the molecule is [B]c1ccc(NC2C(=O)C(C)=C(C)C2=O)cc1F. The van der Waals surface area contributed by atoms with Crippen molar-refractivity contribution in [3.63, 3.8) is 0 Å². The monoisotopic (exact) mass is 243 g/mol. The van der Waals surface area contributed by atoms with Crippen molar-refractivity contribution in [3.05, 3.63) is 35.2 Å². The van der Waals surface area contributed by atoms with Crippen molar-refractivity contribution in [1.82, 2.24) is 0 Å². The van der Waals surface area contributed by atoms with Gasteiger partial charge in [-0.05, 0) is 26.0 Å². The summed E-state index contributed by atoms with van der Waals surface area (Å²) in [6.07, 6.45) is 0. The number of anilines is 1. The van der Waals surface area contributed by atoms with Crippen molar-refractivity contribution < 1.29 is 14.0 Å². The van der Waals surface area contributed by atoms with Crippen LogP contribution >= 0.6 is 0 Å². The lowest BCUT2D eigenvalue weighted by Gasteiger charge is -2.12. The van der Waals surface area contributed by atoms with E-state index in [2.05, 4.69) is 5.32 Å². The standard InChI is InChI=1S/C13H11BFNO2/c1-6-7(2)13(18)11(12(6)17)16-8-3-4-9(14)10(15)5-8/h3-5,11,16H,1-2H3. The molecule has 0 amide bonds. The molecular formula is C13H11BFNO2. The highest BCUT2D eigenvalue weighted by Gasteiger charge is 2.36. The first-order valence-corrected chi connectivity index (χ1v) is 5.49. The predicted octanol–water partition coefficient (Wildman–Crippen LogP) is 0.888. The van der Waals surface area contributed by atoms with Gasteiger partial charge in [-0.3, -0.25) is 9.59 Å². The first-order chi connectivity index (χ1) is 8.41. The molecule has 1 aliphatic carbocycles. The molecule has 1 aromatic carbocycles. The quantitative estimate of drug-likeness (QED) is 0.619. The minimum Gasteiger partial charge on any atom is -0.369 e. The summed E-state index contributed by atoms with van der Waals surface area (Å²) in [4.78, 5) is 23.6. The summed E-state index contributed by atoms with van der Waals surface area (Å²) in [7, 11) is 5.35. The van der Waals surface area contributed by atoms with Crippen LogP contribution in [-0.2, 0) is 9.59 Å². The van der Waals surface area contributed by atoms with E-state index in [9.17, 15) is 14.0 Å². The molecule has 0 unspecified atom stereocenters. The van der Waals surface area contributed by atoms with Gasteiger partial charge in [0, 0.05) is 16.8 Å². The Hall–Kier alpha value is -1.91. The van der Waals surface area contributed by atoms with E-state index in [0.717, 1.165) is 0 Å². The van der Waals surface area contributed by atoms with Crippen LogP contribution in [0.3, 0.4) is 0 Å². The van der Waals surface area contributed by atoms with Crippen molar-refractivity contribution in [3.8, 4) is 0 Å². The minimum absolute atomic E-state index is 0.0233. The molecule has 0 saturated heterocycles. The average molecular weight is 243 g/mol. The fourth-order valence-electron chi connectivity index (χ4n) is 1.84. The van der Waals surface area contributed by atoms with Gasteiger partial charge < -0.3 is 5.32 Å². The molecule has 1 aromatic rings. The summed E-state index contributed by atoms with van der Waals surface area (Å²) >= 11 is 0. The van der Waals surface area contributed by atoms with Gasteiger partial charge in [0.05, 0.1) is 0 Å². The molecule has 1 N–H and O–H groups in total. The zero-order valence-corrected chi connectivity index (χ0v) is 10.1. The predicted molar refractivity (Wildman–Crippen MR) is 67.6 cm³/mol.